The predicted octanol–water partition coefficient (Wildman–Crippen LogP) is 2.00. The number of hydrogen-bond donors (Lipinski definition) is 1. The highest BCUT2D eigenvalue weighted by molar-refractivity contribution is 5.85. The van der Waals surface area contributed by atoms with E-state index >= 15 is 0 Å². The van der Waals surface area contributed by atoms with Crippen LogP contribution in [-0.4, -0.2) is 30.4 Å². The van der Waals surface area contributed by atoms with E-state index in [1.54, 1.807) is 4.57 Å². The van der Waals surface area contributed by atoms with Crippen LogP contribution in [0.1, 0.15) is 23.1 Å². The van der Waals surface area contributed by atoms with Crippen LogP contribution in [0.3, 0.4) is 0 Å². The van der Waals surface area contributed by atoms with Crippen LogP contribution in [0.25, 0.3) is 10.9 Å². The summed E-state index contributed by atoms with van der Waals surface area (Å²) in [7, 11) is 0. The average Bonchev–Trinajstić information content (AvgIpc) is 3.05. The number of fused-ring (bicyclic) bond motifs is 1. The molecular weight excluding hydrogens is 256 g/mol. The highest BCUT2D eigenvalue weighted by Crippen LogP contribution is 2.19. The van der Waals surface area contributed by atoms with Crippen LogP contribution in [0, 0.1) is 0 Å². The van der Waals surface area contributed by atoms with Gasteiger partial charge in [0, 0.05) is 18.1 Å². The molecule has 2 heterocycles. The SMILES string of the molecule is CCn1nc(Cn2cnc(C(=O)O)c2)c2ccccc21. The molecule has 0 amide bonds. The van der Waals surface area contributed by atoms with Gasteiger partial charge in [0.2, 0.25) is 0 Å². The van der Waals surface area contributed by atoms with Gasteiger partial charge in [-0.05, 0) is 13.0 Å². The molecule has 6 nitrogen and oxygen atoms in total. The van der Waals surface area contributed by atoms with Crippen LogP contribution >= 0.6 is 0 Å². The predicted molar refractivity (Wildman–Crippen MR) is 73.7 cm³/mol. The van der Waals surface area contributed by atoms with Crippen molar-refractivity contribution in [3.05, 3.63) is 48.2 Å². The van der Waals surface area contributed by atoms with Crippen molar-refractivity contribution in [1.82, 2.24) is 19.3 Å². The number of carboxylic acid groups (broad SMARTS) is 1. The summed E-state index contributed by atoms with van der Waals surface area (Å²) in [5, 5.41) is 14.5. The minimum atomic E-state index is -1.02. The average molecular weight is 270 g/mol. The fraction of sp³-hybridized carbons (Fsp3) is 0.214. The first-order valence-corrected chi connectivity index (χ1v) is 6.38. The number of nitrogens with zero attached hydrogens (tertiary/aromatic N) is 4. The van der Waals surface area contributed by atoms with Gasteiger partial charge in [0.15, 0.2) is 5.69 Å². The van der Waals surface area contributed by atoms with E-state index in [0.717, 1.165) is 23.1 Å². The van der Waals surface area contributed by atoms with E-state index in [4.69, 9.17) is 5.11 Å². The lowest BCUT2D eigenvalue weighted by Crippen LogP contribution is -2.01. The third-order valence-electron chi connectivity index (χ3n) is 3.22. The summed E-state index contributed by atoms with van der Waals surface area (Å²) in [6.07, 6.45) is 3.03. The molecule has 20 heavy (non-hydrogen) atoms. The van der Waals surface area contributed by atoms with E-state index in [2.05, 4.69) is 10.1 Å². The van der Waals surface area contributed by atoms with Crippen LogP contribution < -0.4 is 0 Å². The molecule has 0 bridgehead atoms. The number of rotatable bonds is 4. The first kappa shape index (κ1) is 12.4. The quantitative estimate of drug-likeness (QED) is 0.787. The zero-order chi connectivity index (χ0) is 14.1. The smallest absolute Gasteiger partial charge is 0.356 e. The first-order valence-electron chi connectivity index (χ1n) is 6.38. The number of aryl methyl sites for hydroxylation is 1. The van der Waals surface area contributed by atoms with E-state index in [9.17, 15) is 4.79 Å². The van der Waals surface area contributed by atoms with Gasteiger partial charge < -0.3 is 9.67 Å². The topological polar surface area (TPSA) is 72.9 Å². The number of hydrogen-bond acceptors (Lipinski definition) is 3. The minimum absolute atomic E-state index is 0.0456. The third kappa shape index (κ3) is 2.05. The summed E-state index contributed by atoms with van der Waals surface area (Å²) in [5.74, 6) is -1.02. The van der Waals surface area contributed by atoms with E-state index in [0.29, 0.717) is 6.54 Å². The monoisotopic (exact) mass is 270 g/mol. The van der Waals surface area contributed by atoms with Crippen molar-refractivity contribution in [2.45, 2.75) is 20.0 Å². The van der Waals surface area contributed by atoms with Crippen molar-refractivity contribution in [3.63, 3.8) is 0 Å². The van der Waals surface area contributed by atoms with Crippen molar-refractivity contribution < 1.29 is 9.90 Å². The van der Waals surface area contributed by atoms with Gasteiger partial charge >= 0.3 is 5.97 Å². The van der Waals surface area contributed by atoms with Crippen molar-refractivity contribution in [2.75, 3.05) is 0 Å². The normalized spacial score (nSPS) is 11.1. The maximum absolute atomic E-state index is 10.8. The Hall–Kier alpha value is -2.63. The molecule has 0 aliphatic rings. The molecule has 3 aromatic rings. The molecule has 0 aliphatic carbocycles. The molecule has 0 radical (unpaired) electrons. The molecule has 0 saturated carbocycles. The number of carbonyl (C=O) groups is 1. The van der Waals surface area contributed by atoms with Gasteiger partial charge in [-0.1, -0.05) is 18.2 Å². The zero-order valence-corrected chi connectivity index (χ0v) is 11.0. The summed E-state index contributed by atoms with van der Waals surface area (Å²) in [5.41, 5.74) is 2.05. The number of imidazole rings is 1. The molecule has 6 heteroatoms. The van der Waals surface area contributed by atoms with Crippen LogP contribution in [0.2, 0.25) is 0 Å². The molecule has 1 aromatic carbocycles. The van der Waals surface area contributed by atoms with Gasteiger partial charge in [-0.15, -0.1) is 0 Å². The zero-order valence-electron chi connectivity index (χ0n) is 11.0. The van der Waals surface area contributed by atoms with Gasteiger partial charge in [0.1, 0.15) is 0 Å². The largest absolute Gasteiger partial charge is 0.476 e. The van der Waals surface area contributed by atoms with Crippen LogP contribution in [0.4, 0.5) is 0 Å². The molecule has 0 fully saturated rings. The number of aromatic nitrogens is 4. The van der Waals surface area contributed by atoms with E-state index in [1.165, 1.54) is 12.5 Å². The standard InChI is InChI=1S/C14H14N4O2/c1-2-18-13-6-4-3-5-10(13)11(16-18)7-17-8-12(14(19)20)15-9-17/h3-6,8-9H,2,7H2,1H3,(H,19,20). The van der Waals surface area contributed by atoms with Crippen LogP contribution in [0.15, 0.2) is 36.8 Å². The lowest BCUT2D eigenvalue weighted by atomic mass is 10.2. The molecule has 1 N–H and O–H groups in total. The van der Waals surface area contributed by atoms with Crippen LogP contribution in [-0.2, 0) is 13.1 Å². The van der Waals surface area contributed by atoms with E-state index in [-0.39, 0.29) is 5.69 Å². The number of aromatic carboxylic acids is 1. The van der Waals surface area contributed by atoms with Gasteiger partial charge in [-0.2, -0.15) is 5.10 Å². The molecule has 2 aromatic heterocycles. The molecule has 0 unspecified atom stereocenters. The van der Waals surface area contributed by atoms with Gasteiger partial charge in [-0.3, -0.25) is 4.68 Å². The Kier molecular flexibility index (Phi) is 2.98. The van der Waals surface area contributed by atoms with Gasteiger partial charge in [0.25, 0.3) is 0 Å². The van der Waals surface area contributed by atoms with Gasteiger partial charge in [-0.25, -0.2) is 9.78 Å². The summed E-state index contributed by atoms with van der Waals surface area (Å²) >= 11 is 0. The Bertz CT molecular complexity index is 772. The van der Waals surface area contributed by atoms with Crippen molar-refractivity contribution in [3.8, 4) is 0 Å². The highest BCUT2D eigenvalue weighted by Gasteiger charge is 2.11. The molecule has 0 saturated heterocycles. The molecule has 3 rings (SSSR count). The number of benzene rings is 1. The minimum Gasteiger partial charge on any atom is -0.476 e. The maximum Gasteiger partial charge on any atom is 0.356 e. The molecule has 0 atom stereocenters. The summed E-state index contributed by atoms with van der Waals surface area (Å²) in [4.78, 5) is 14.7. The lowest BCUT2D eigenvalue weighted by Gasteiger charge is -1.98. The fourth-order valence-corrected chi connectivity index (χ4v) is 2.28. The molecule has 0 spiro atoms. The summed E-state index contributed by atoms with van der Waals surface area (Å²) < 4.78 is 3.68. The molecule has 102 valence electrons. The Balaban J connectivity index is 1.99. The third-order valence-corrected chi connectivity index (χ3v) is 3.22. The Labute approximate surface area is 115 Å². The number of para-hydroxylation sites is 1. The van der Waals surface area contributed by atoms with Crippen molar-refractivity contribution in [1.29, 1.82) is 0 Å². The maximum atomic E-state index is 10.8. The Morgan fingerprint density at radius 1 is 1.35 bits per heavy atom. The second-order valence-corrected chi connectivity index (χ2v) is 4.52. The van der Waals surface area contributed by atoms with E-state index in [1.807, 2.05) is 35.9 Å². The van der Waals surface area contributed by atoms with E-state index < -0.39 is 5.97 Å². The summed E-state index contributed by atoms with van der Waals surface area (Å²) in [6, 6.07) is 8.02. The second kappa shape index (κ2) is 4.80. The fourth-order valence-electron chi connectivity index (χ4n) is 2.28. The lowest BCUT2D eigenvalue weighted by molar-refractivity contribution is 0.0691. The van der Waals surface area contributed by atoms with Crippen molar-refractivity contribution >= 4 is 16.9 Å². The molecular formula is C14H14N4O2. The Morgan fingerprint density at radius 2 is 2.15 bits per heavy atom. The number of carboxylic acids is 1. The van der Waals surface area contributed by atoms with Crippen LogP contribution in [0.5, 0.6) is 0 Å². The molecule has 0 aliphatic heterocycles. The highest BCUT2D eigenvalue weighted by atomic mass is 16.4. The Morgan fingerprint density at radius 3 is 2.85 bits per heavy atom. The van der Waals surface area contributed by atoms with Crippen molar-refractivity contribution in [2.24, 2.45) is 0 Å². The van der Waals surface area contributed by atoms with Gasteiger partial charge in [0.05, 0.1) is 24.1 Å². The first-order chi connectivity index (χ1) is 9.69. The summed E-state index contributed by atoms with van der Waals surface area (Å²) in [6.45, 7) is 3.35. The second-order valence-electron chi connectivity index (χ2n) is 4.52.